The van der Waals surface area contributed by atoms with E-state index in [0.29, 0.717) is 19.3 Å². The Balaban J connectivity index is 4.50. The van der Waals surface area contributed by atoms with Crippen LogP contribution >= 0.6 is 0 Å². The number of carbonyl (C=O) groups is 3. The van der Waals surface area contributed by atoms with Crippen molar-refractivity contribution in [1.29, 1.82) is 0 Å². The minimum atomic E-state index is -0.889. The number of quaternary nitrogens is 1. The van der Waals surface area contributed by atoms with Crippen molar-refractivity contribution in [3.63, 3.8) is 0 Å². The van der Waals surface area contributed by atoms with E-state index in [1.54, 1.807) is 0 Å². The first kappa shape index (κ1) is 50.5. The van der Waals surface area contributed by atoms with E-state index in [-0.39, 0.29) is 42.7 Å². The molecule has 0 amide bonds. The maximum atomic E-state index is 12.7. The third-order valence-electron chi connectivity index (χ3n) is 8.54. The Morgan fingerprint density at radius 3 is 1.48 bits per heavy atom. The van der Waals surface area contributed by atoms with E-state index in [0.717, 1.165) is 96.3 Å². The number of carboxylic acids is 1. The van der Waals surface area contributed by atoms with Crippen molar-refractivity contribution in [1.82, 2.24) is 0 Å². The topological polar surface area (TPSA) is 99.1 Å². The van der Waals surface area contributed by atoms with Gasteiger partial charge in [-0.2, -0.15) is 0 Å². The Labute approximate surface area is 329 Å². The van der Waals surface area contributed by atoms with E-state index in [9.17, 15) is 19.5 Å². The van der Waals surface area contributed by atoms with Crippen LogP contribution in [0.2, 0.25) is 0 Å². The van der Waals surface area contributed by atoms with E-state index in [1.165, 1.54) is 0 Å². The van der Waals surface area contributed by atoms with Crippen LogP contribution in [0.5, 0.6) is 0 Å². The van der Waals surface area contributed by atoms with E-state index < -0.39 is 18.1 Å². The lowest BCUT2D eigenvalue weighted by Gasteiger charge is -2.31. The summed E-state index contributed by atoms with van der Waals surface area (Å²) in [5.41, 5.74) is 0. The molecule has 0 aromatic heterocycles. The number of rotatable bonds is 35. The predicted octanol–water partition coefficient (Wildman–Crippen LogP) is 11.0. The molecule has 0 radical (unpaired) electrons. The Morgan fingerprint density at radius 1 is 0.556 bits per heavy atom. The van der Waals surface area contributed by atoms with Gasteiger partial charge in [-0.05, 0) is 83.5 Å². The first-order valence-electron chi connectivity index (χ1n) is 20.6. The molecule has 0 heterocycles. The SMILES string of the molecule is CC/C=C\C/C=C\C/C=C\C/C=C\CCCCC(=O)OC(COCCC(C(=O)O)[N+](C)(C)C)COC(=O)CCCCCCC/C=C\C/C=C\C/C=C\CC. The van der Waals surface area contributed by atoms with Crippen LogP contribution in [0.3, 0.4) is 0 Å². The lowest BCUT2D eigenvalue weighted by atomic mass is 10.1. The highest BCUT2D eigenvalue weighted by molar-refractivity contribution is 5.72. The van der Waals surface area contributed by atoms with E-state index >= 15 is 0 Å². The van der Waals surface area contributed by atoms with Gasteiger partial charge in [0.1, 0.15) is 6.61 Å². The molecule has 8 heteroatoms. The van der Waals surface area contributed by atoms with Crippen molar-refractivity contribution < 1.29 is 38.2 Å². The summed E-state index contributed by atoms with van der Waals surface area (Å²) < 4.78 is 17.2. The van der Waals surface area contributed by atoms with Crippen LogP contribution in [0.1, 0.15) is 136 Å². The maximum absolute atomic E-state index is 12.7. The Bertz CT molecular complexity index is 1160. The molecular weight excluding hydrogens is 679 g/mol. The second-order valence-electron chi connectivity index (χ2n) is 14.5. The van der Waals surface area contributed by atoms with Crippen molar-refractivity contribution in [3.8, 4) is 0 Å². The molecule has 0 spiro atoms. The quantitative estimate of drug-likeness (QED) is 0.0298. The molecule has 0 aromatic rings. The zero-order valence-corrected chi connectivity index (χ0v) is 34.6. The number of nitrogens with zero attached hydrogens (tertiary/aromatic N) is 1. The Hall–Kier alpha value is -3.49. The van der Waals surface area contributed by atoms with Crippen LogP contribution in [0.15, 0.2) is 85.1 Å². The lowest BCUT2D eigenvalue weighted by molar-refractivity contribution is -0.887. The minimum absolute atomic E-state index is 0.0332. The molecule has 0 saturated carbocycles. The highest BCUT2D eigenvalue weighted by atomic mass is 16.6. The first-order chi connectivity index (χ1) is 26.1. The summed E-state index contributed by atoms with van der Waals surface area (Å²) in [5.74, 6) is -1.56. The summed E-state index contributed by atoms with van der Waals surface area (Å²) in [6, 6.07) is -0.629. The van der Waals surface area contributed by atoms with Crippen molar-refractivity contribution in [2.75, 3.05) is 41.0 Å². The average Bonchev–Trinajstić information content (AvgIpc) is 3.12. The Kier molecular flexibility index (Phi) is 34.1. The largest absolute Gasteiger partial charge is 0.477 e. The molecule has 0 saturated heterocycles. The third kappa shape index (κ3) is 34.3. The first-order valence-corrected chi connectivity index (χ1v) is 20.6. The van der Waals surface area contributed by atoms with Gasteiger partial charge in [0.15, 0.2) is 12.1 Å². The molecule has 306 valence electrons. The highest BCUT2D eigenvalue weighted by Crippen LogP contribution is 2.12. The predicted molar refractivity (Wildman–Crippen MR) is 224 cm³/mol. The number of unbranched alkanes of at least 4 members (excludes halogenated alkanes) is 7. The second-order valence-corrected chi connectivity index (χ2v) is 14.5. The van der Waals surface area contributed by atoms with Gasteiger partial charge in [0.05, 0.1) is 34.4 Å². The van der Waals surface area contributed by atoms with Crippen LogP contribution < -0.4 is 0 Å². The lowest BCUT2D eigenvalue weighted by Crippen LogP contribution is -2.50. The van der Waals surface area contributed by atoms with Gasteiger partial charge in [-0.1, -0.05) is 118 Å². The van der Waals surface area contributed by atoms with Gasteiger partial charge in [0.25, 0.3) is 0 Å². The molecular formula is C46H76NO7+. The van der Waals surface area contributed by atoms with Crippen LogP contribution in [-0.2, 0) is 28.6 Å². The minimum Gasteiger partial charge on any atom is -0.477 e. The van der Waals surface area contributed by atoms with Crippen LogP contribution in [0.25, 0.3) is 0 Å². The molecule has 1 N–H and O–H groups in total. The molecule has 0 aliphatic heterocycles. The summed E-state index contributed by atoms with van der Waals surface area (Å²) in [4.78, 5) is 36.9. The molecule has 54 heavy (non-hydrogen) atoms. The van der Waals surface area contributed by atoms with E-state index in [4.69, 9.17) is 14.2 Å². The van der Waals surface area contributed by atoms with Gasteiger partial charge >= 0.3 is 17.9 Å². The fourth-order valence-corrected chi connectivity index (χ4v) is 5.39. The van der Waals surface area contributed by atoms with Crippen molar-refractivity contribution in [3.05, 3.63) is 85.1 Å². The summed E-state index contributed by atoms with van der Waals surface area (Å²) in [6.45, 7) is 4.42. The molecule has 0 rings (SSSR count). The zero-order valence-electron chi connectivity index (χ0n) is 34.6. The summed E-state index contributed by atoms with van der Waals surface area (Å²) in [7, 11) is 5.49. The number of carbonyl (C=O) groups excluding carboxylic acids is 2. The fraction of sp³-hybridized carbons (Fsp3) is 0.630. The van der Waals surface area contributed by atoms with Crippen LogP contribution in [0, 0.1) is 0 Å². The van der Waals surface area contributed by atoms with Crippen molar-refractivity contribution >= 4 is 17.9 Å². The number of ether oxygens (including phenoxy) is 3. The number of hydrogen-bond donors (Lipinski definition) is 1. The number of hydrogen-bond acceptors (Lipinski definition) is 6. The molecule has 2 unspecified atom stereocenters. The number of aliphatic carboxylic acids is 1. The van der Waals surface area contributed by atoms with Crippen LogP contribution in [0.4, 0.5) is 0 Å². The van der Waals surface area contributed by atoms with Gasteiger partial charge < -0.3 is 23.8 Å². The Morgan fingerprint density at radius 2 is 0.981 bits per heavy atom. The summed E-state index contributed by atoms with van der Waals surface area (Å²) >= 11 is 0. The molecule has 0 fully saturated rings. The second kappa shape index (κ2) is 36.5. The maximum Gasteiger partial charge on any atom is 0.362 e. The van der Waals surface area contributed by atoms with E-state index in [2.05, 4.69) is 98.9 Å². The van der Waals surface area contributed by atoms with Crippen molar-refractivity contribution in [2.24, 2.45) is 0 Å². The molecule has 2 atom stereocenters. The van der Waals surface area contributed by atoms with Gasteiger partial charge in [-0.15, -0.1) is 0 Å². The molecule has 0 bridgehead atoms. The number of esters is 2. The van der Waals surface area contributed by atoms with E-state index in [1.807, 2.05) is 21.1 Å². The highest BCUT2D eigenvalue weighted by Gasteiger charge is 2.31. The normalized spacial score (nSPS) is 13.9. The fourth-order valence-electron chi connectivity index (χ4n) is 5.39. The monoisotopic (exact) mass is 755 g/mol. The molecule has 0 aromatic carbocycles. The van der Waals surface area contributed by atoms with Crippen LogP contribution in [-0.4, -0.2) is 80.6 Å². The summed E-state index contributed by atoms with van der Waals surface area (Å²) in [6.07, 6.45) is 46.3. The van der Waals surface area contributed by atoms with Crippen molar-refractivity contribution in [2.45, 2.75) is 148 Å². The third-order valence-corrected chi connectivity index (χ3v) is 8.54. The average molecular weight is 755 g/mol. The van der Waals surface area contributed by atoms with Gasteiger partial charge in [-0.3, -0.25) is 9.59 Å². The zero-order chi connectivity index (χ0) is 40.0. The molecule has 8 nitrogen and oxygen atoms in total. The van der Waals surface area contributed by atoms with Gasteiger partial charge in [-0.25, -0.2) is 4.79 Å². The number of allylic oxidation sites excluding steroid dienone is 14. The molecule has 0 aliphatic carbocycles. The summed E-state index contributed by atoms with van der Waals surface area (Å²) in [5, 5.41) is 9.60. The van der Waals surface area contributed by atoms with Gasteiger partial charge in [0, 0.05) is 19.3 Å². The standard InChI is InChI=1S/C46H75NO7/c1-6-8-10-12-14-16-18-20-22-24-26-28-30-32-34-36-44(48)53-41-42(40-52-39-38-43(46(50)51)47(3,4)5)54-45(49)37-35-33-31-29-27-25-23-21-19-17-15-13-11-9-7-2/h8-11,14-17,20-23,27,29,42-43H,6-7,12-13,18-19,24-26,28,30-41H2,1-5H3/p+1/b10-8-,11-9-,16-14-,17-15-,22-20-,23-21-,29-27-. The number of carboxylic acid groups (broad SMARTS) is 1. The number of likely N-dealkylation sites (N-methyl/N-ethyl adjacent to an activating group) is 1. The smallest absolute Gasteiger partial charge is 0.362 e. The van der Waals surface area contributed by atoms with Gasteiger partial charge in [0.2, 0.25) is 0 Å². The molecule has 0 aliphatic rings.